The summed E-state index contributed by atoms with van der Waals surface area (Å²) in [7, 11) is -4.78. The van der Waals surface area contributed by atoms with Gasteiger partial charge in [-0.15, -0.1) is 14.5 Å². The molecule has 25 heavy (non-hydrogen) atoms. The molecule has 4 heterocycles. The van der Waals surface area contributed by atoms with E-state index in [1.165, 1.54) is 4.90 Å². The Hall–Kier alpha value is -2.45. The van der Waals surface area contributed by atoms with Gasteiger partial charge in [-0.3, -0.25) is 9.55 Å². The molecule has 2 saturated heterocycles. The highest BCUT2D eigenvalue weighted by molar-refractivity contribution is 7.80. The number of guanidine groups is 1. The van der Waals surface area contributed by atoms with Gasteiger partial charge in [-0.05, 0) is 12.8 Å². The van der Waals surface area contributed by atoms with E-state index in [2.05, 4.69) is 24.8 Å². The zero-order valence-electron chi connectivity index (χ0n) is 12.8. The van der Waals surface area contributed by atoms with E-state index in [1.54, 1.807) is 0 Å². The number of rotatable bonds is 4. The van der Waals surface area contributed by atoms with Gasteiger partial charge in [0.15, 0.2) is 5.96 Å². The van der Waals surface area contributed by atoms with Crippen LogP contribution in [0.1, 0.15) is 36.7 Å². The maximum absolute atomic E-state index is 12.4. The van der Waals surface area contributed by atoms with E-state index >= 15 is 0 Å². The Morgan fingerprint density at radius 3 is 2.76 bits per heavy atom. The number of carbonyl (C=O) groups excluding carboxylic acids is 1. The van der Waals surface area contributed by atoms with Gasteiger partial charge in [0.05, 0.1) is 12.6 Å². The first kappa shape index (κ1) is 16.0. The number of fused-ring (bicyclic) bond motifs is 2. The highest BCUT2D eigenvalue weighted by atomic mass is 32.3. The first-order valence-corrected chi connectivity index (χ1v) is 8.85. The number of aromatic nitrogens is 2. The van der Waals surface area contributed by atoms with Crippen molar-refractivity contribution >= 4 is 22.4 Å². The zero-order valence-corrected chi connectivity index (χ0v) is 13.6. The fraction of sp³-hybridized carbons (Fsp3) is 0.636. The van der Waals surface area contributed by atoms with E-state index in [0.29, 0.717) is 30.3 Å². The van der Waals surface area contributed by atoms with Crippen LogP contribution in [0.5, 0.6) is 0 Å². The van der Waals surface area contributed by atoms with E-state index in [0.717, 1.165) is 0 Å². The second-order valence-electron chi connectivity index (χ2n) is 5.91. The number of nitrogens with two attached hydrogens (primary N) is 1. The number of urea groups is 1. The molecule has 0 saturated carbocycles. The molecule has 0 aliphatic carbocycles. The van der Waals surface area contributed by atoms with E-state index in [9.17, 15) is 13.2 Å². The van der Waals surface area contributed by atoms with Gasteiger partial charge in [0.25, 0.3) is 0 Å². The summed E-state index contributed by atoms with van der Waals surface area (Å²) in [6.07, 6.45) is 0.942. The summed E-state index contributed by atoms with van der Waals surface area (Å²) < 4.78 is 40.6. The predicted molar refractivity (Wildman–Crippen MR) is 79.0 cm³/mol. The van der Waals surface area contributed by atoms with Crippen LogP contribution >= 0.6 is 0 Å². The van der Waals surface area contributed by atoms with Crippen LogP contribution in [-0.4, -0.2) is 64.3 Å². The highest BCUT2D eigenvalue weighted by Crippen LogP contribution is 2.38. The third-order valence-electron chi connectivity index (χ3n) is 4.30. The number of hydroxylamine groups is 2. The van der Waals surface area contributed by atoms with Gasteiger partial charge < -0.3 is 20.4 Å². The number of piperidine rings is 1. The van der Waals surface area contributed by atoms with Crippen LogP contribution in [0.2, 0.25) is 0 Å². The van der Waals surface area contributed by atoms with Crippen molar-refractivity contribution in [2.75, 3.05) is 13.1 Å². The van der Waals surface area contributed by atoms with E-state index < -0.39 is 28.5 Å². The molecule has 2 amide bonds. The molecule has 0 aromatic carbocycles. The molecule has 0 radical (unpaired) electrons. The van der Waals surface area contributed by atoms with E-state index in [4.69, 9.17) is 14.7 Å². The van der Waals surface area contributed by atoms with Crippen molar-refractivity contribution in [1.29, 1.82) is 0 Å². The molecule has 2 fully saturated rings. The SMILES string of the molecule is NC1=NCC(c2nnc([C@@H]3CCC4CN3C(=O)N4OS(=O)(=O)O)o2)N1. The van der Waals surface area contributed by atoms with Crippen molar-refractivity contribution in [1.82, 2.24) is 25.5 Å². The number of nitrogens with zero attached hydrogens (tertiary/aromatic N) is 5. The molecule has 13 nitrogen and oxygen atoms in total. The predicted octanol–water partition coefficient (Wildman–Crippen LogP) is -1.30. The van der Waals surface area contributed by atoms with E-state index in [1.807, 2.05) is 0 Å². The third-order valence-corrected chi connectivity index (χ3v) is 4.65. The Labute approximate surface area is 141 Å². The monoisotopic (exact) mass is 373 g/mol. The standard InChI is InChI=1S/C11H15N7O6S/c12-10-13-3-6(14-10)8-15-16-9(23-8)7-2-1-5-4-17(7)11(19)18(5)24-25(20,21)22/h5-7H,1-4H2,(H3,12,13,14)(H,20,21,22)/t5?,6?,7-/m0/s1. The summed E-state index contributed by atoms with van der Waals surface area (Å²) in [5, 5.41) is 11.5. The minimum atomic E-state index is -4.78. The van der Waals surface area contributed by atoms with Gasteiger partial charge in [0, 0.05) is 6.54 Å². The Morgan fingerprint density at radius 1 is 1.32 bits per heavy atom. The van der Waals surface area contributed by atoms with Crippen LogP contribution < -0.4 is 11.1 Å². The summed E-state index contributed by atoms with van der Waals surface area (Å²) in [6.45, 7) is 0.604. The molecule has 14 heteroatoms. The molecule has 0 spiro atoms. The average molecular weight is 373 g/mol. The smallest absolute Gasteiger partial charge is 0.418 e. The molecule has 4 N–H and O–H groups in total. The van der Waals surface area contributed by atoms with Crippen molar-refractivity contribution in [3.8, 4) is 0 Å². The summed E-state index contributed by atoms with van der Waals surface area (Å²) in [5.74, 6) is 0.833. The summed E-state index contributed by atoms with van der Waals surface area (Å²) >= 11 is 0. The largest absolute Gasteiger partial charge is 0.421 e. The molecule has 136 valence electrons. The van der Waals surface area contributed by atoms with Crippen molar-refractivity contribution in [3.63, 3.8) is 0 Å². The molecule has 3 atom stereocenters. The molecular formula is C11H15N7O6S. The molecule has 3 aliphatic rings. The lowest BCUT2D eigenvalue weighted by molar-refractivity contribution is -0.0317. The Balaban J connectivity index is 1.51. The fourth-order valence-electron chi connectivity index (χ4n) is 3.21. The molecular weight excluding hydrogens is 358 g/mol. The lowest BCUT2D eigenvalue weighted by atomic mass is 10.0. The molecule has 2 unspecified atom stereocenters. The van der Waals surface area contributed by atoms with Gasteiger partial charge in [0.2, 0.25) is 11.8 Å². The second kappa shape index (κ2) is 5.53. The minimum absolute atomic E-state index is 0.231. The fourth-order valence-corrected chi connectivity index (χ4v) is 3.60. The van der Waals surface area contributed by atoms with Gasteiger partial charge >= 0.3 is 16.4 Å². The third kappa shape index (κ3) is 2.87. The molecule has 4 rings (SSSR count). The number of hydrogen-bond donors (Lipinski definition) is 3. The second-order valence-corrected chi connectivity index (χ2v) is 6.92. The molecule has 1 aromatic heterocycles. The lowest BCUT2D eigenvalue weighted by Crippen LogP contribution is -2.35. The molecule has 2 bridgehead atoms. The molecule has 1 aromatic rings. The van der Waals surface area contributed by atoms with Crippen LogP contribution in [0.25, 0.3) is 0 Å². The minimum Gasteiger partial charge on any atom is -0.421 e. The van der Waals surface area contributed by atoms with Crippen LogP contribution in [-0.2, 0) is 14.7 Å². The van der Waals surface area contributed by atoms with Crippen molar-refractivity contribution in [2.24, 2.45) is 10.7 Å². The van der Waals surface area contributed by atoms with Gasteiger partial charge in [-0.25, -0.2) is 4.79 Å². The lowest BCUT2D eigenvalue weighted by Gasteiger charge is -2.27. The van der Waals surface area contributed by atoms with Crippen molar-refractivity contribution in [3.05, 3.63) is 11.8 Å². The van der Waals surface area contributed by atoms with Crippen LogP contribution in [0, 0.1) is 0 Å². The number of aliphatic imine (C=N–C) groups is 1. The van der Waals surface area contributed by atoms with Gasteiger partial charge in [0.1, 0.15) is 12.1 Å². The maximum atomic E-state index is 12.4. The van der Waals surface area contributed by atoms with Crippen molar-refractivity contribution < 1.29 is 26.5 Å². The zero-order chi connectivity index (χ0) is 17.8. The van der Waals surface area contributed by atoms with Crippen LogP contribution in [0.4, 0.5) is 4.79 Å². The summed E-state index contributed by atoms with van der Waals surface area (Å²) in [4.78, 5) is 17.7. The Kier molecular flexibility index (Phi) is 3.55. The topological polar surface area (TPSA) is 176 Å². The van der Waals surface area contributed by atoms with Crippen LogP contribution in [0.15, 0.2) is 9.41 Å². The highest BCUT2D eigenvalue weighted by Gasteiger charge is 2.49. The maximum Gasteiger partial charge on any atom is 0.418 e. The van der Waals surface area contributed by atoms with E-state index in [-0.39, 0.29) is 24.4 Å². The summed E-state index contributed by atoms with van der Waals surface area (Å²) in [5.41, 5.74) is 5.55. The summed E-state index contributed by atoms with van der Waals surface area (Å²) in [6, 6.07) is -1.97. The number of nitrogens with one attached hydrogen (secondary N) is 1. The number of amides is 2. The number of hydrogen-bond acceptors (Lipinski definition) is 10. The number of carbonyl (C=O) groups is 1. The quantitative estimate of drug-likeness (QED) is 0.538. The average Bonchev–Trinajstić information content (AvgIpc) is 3.23. The molecule has 3 aliphatic heterocycles. The van der Waals surface area contributed by atoms with Gasteiger partial charge in [-0.1, -0.05) is 0 Å². The Bertz CT molecular complexity index is 838. The Morgan fingerprint density at radius 2 is 2.08 bits per heavy atom. The van der Waals surface area contributed by atoms with Crippen molar-refractivity contribution in [2.45, 2.75) is 31.0 Å². The van der Waals surface area contributed by atoms with Crippen LogP contribution in [0.3, 0.4) is 0 Å². The first-order chi connectivity index (χ1) is 11.8. The normalized spacial score (nSPS) is 29.1. The van der Waals surface area contributed by atoms with Gasteiger partial charge in [-0.2, -0.15) is 13.5 Å². The first-order valence-electron chi connectivity index (χ1n) is 7.48.